The van der Waals surface area contributed by atoms with E-state index in [1.807, 2.05) is 6.08 Å². The van der Waals surface area contributed by atoms with Crippen LogP contribution in [0.3, 0.4) is 0 Å². The van der Waals surface area contributed by atoms with Gasteiger partial charge in [-0.05, 0) is 6.92 Å². The van der Waals surface area contributed by atoms with Gasteiger partial charge in [0.25, 0.3) is 0 Å². The molecular formula is C9H14O3. The molecule has 1 fully saturated rings. The Balaban J connectivity index is 2.61. The van der Waals surface area contributed by atoms with Gasteiger partial charge in [0.05, 0.1) is 20.3 Å². The third-order valence-electron chi connectivity index (χ3n) is 1.94. The van der Waals surface area contributed by atoms with E-state index in [0.717, 1.165) is 0 Å². The normalized spacial score (nSPS) is 21.4. The van der Waals surface area contributed by atoms with Crippen molar-refractivity contribution in [1.82, 2.24) is 0 Å². The summed E-state index contributed by atoms with van der Waals surface area (Å²) in [6.07, 6.45) is 1.92. The van der Waals surface area contributed by atoms with Gasteiger partial charge in [0.2, 0.25) is 0 Å². The van der Waals surface area contributed by atoms with Crippen molar-refractivity contribution < 1.29 is 14.3 Å². The van der Waals surface area contributed by atoms with E-state index in [9.17, 15) is 4.79 Å². The maximum absolute atomic E-state index is 11.0. The van der Waals surface area contributed by atoms with E-state index < -0.39 is 0 Å². The SMILES string of the molecule is COC(=O)/C(C)=C/C1(C)COC1. The van der Waals surface area contributed by atoms with E-state index in [-0.39, 0.29) is 11.4 Å². The average Bonchev–Trinajstić information content (AvgIpc) is 2.00. The van der Waals surface area contributed by atoms with Crippen LogP contribution >= 0.6 is 0 Å². The van der Waals surface area contributed by atoms with Crippen molar-refractivity contribution in [2.45, 2.75) is 13.8 Å². The van der Waals surface area contributed by atoms with Gasteiger partial charge in [-0.1, -0.05) is 13.0 Å². The van der Waals surface area contributed by atoms with E-state index in [4.69, 9.17) is 4.74 Å². The molecule has 0 aliphatic carbocycles. The molecule has 1 aliphatic heterocycles. The van der Waals surface area contributed by atoms with Gasteiger partial charge in [-0.2, -0.15) is 0 Å². The monoisotopic (exact) mass is 170 g/mol. The molecule has 0 bridgehead atoms. The van der Waals surface area contributed by atoms with Gasteiger partial charge in [0.1, 0.15) is 0 Å². The van der Waals surface area contributed by atoms with Gasteiger partial charge in [-0.3, -0.25) is 0 Å². The van der Waals surface area contributed by atoms with E-state index in [0.29, 0.717) is 18.8 Å². The van der Waals surface area contributed by atoms with Crippen molar-refractivity contribution in [2.24, 2.45) is 5.41 Å². The Kier molecular flexibility index (Phi) is 2.52. The summed E-state index contributed by atoms with van der Waals surface area (Å²) in [5, 5.41) is 0. The predicted molar refractivity (Wildman–Crippen MR) is 44.7 cm³/mol. The predicted octanol–water partition coefficient (Wildman–Crippen LogP) is 1.14. The van der Waals surface area contributed by atoms with Gasteiger partial charge in [-0.15, -0.1) is 0 Å². The van der Waals surface area contributed by atoms with E-state index in [2.05, 4.69) is 11.7 Å². The fraction of sp³-hybridized carbons (Fsp3) is 0.667. The van der Waals surface area contributed by atoms with Crippen LogP contribution in [-0.2, 0) is 14.3 Å². The molecule has 12 heavy (non-hydrogen) atoms. The zero-order valence-corrected chi connectivity index (χ0v) is 7.72. The largest absolute Gasteiger partial charge is 0.466 e. The second-order valence-electron chi connectivity index (χ2n) is 3.47. The summed E-state index contributed by atoms with van der Waals surface area (Å²) in [6.45, 7) is 5.21. The van der Waals surface area contributed by atoms with Crippen LogP contribution in [0.5, 0.6) is 0 Å². The lowest BCUT2D eigenvalue weighted by Gasteiger charge is -2.35. The number of methoxy groups -OCH3 is 1. The van der Waals surface area contributed by atoms with E-state index in [1.54, 1.807) is 6.92 Å². The summed E-state index contributed by atoms with van der Waals surface area (Å²) < 4.78 is 9.63. The highest BCUT2D eigenvalue weighted by Crippen LogP contribution is 2.29. The standard InChI is InChI=1S/C9H14O3/c1-7(8(10)11-3)4-9(2)5-12-6-9/h4H,5-6H2,1-3H3/b7-4+. The van der Waals surface area contributed by atoms with Gasteiger partial charge in [0.15, 0.2) is 0 Å². The van der Waals surface area contributed by atoms with Crippen molar-refractivity contribution in [3.63, 3.8) is 0 Å². The number of hydrogen-bond donors (Lipinski definition) is 0. The van der Waals surface area contributed by atoms with Gasteiger partial charge in [-0.25, -0.2) is 4.79 Å². The molecule has 1 saturated heterocycles. The molecule has 0 amide bonds. The first kappa shape index (κ1) is 9.26. The van der Waals surface area contributed by atoms with Crippen molar-refractivity contribution in [3.05, 3.63) is 11.6 Å². The van der Waals surface area contributed by atoms with Crippen LogP contribution in [0.1, 0.15) is 13.8 Å². The second kappa shape index (κ2) is 3.27. The minimum atomic E-state index is -0.261. The Hall–Kier alpha value is -0.830. The van der Waals surface area contributed by atoms with Crippen LogP contribution < -0.4 is 0 Å². The molecule has 0 unspecified atom stereocenters. The summed E-state index contributed by atoms with van der Waals surface area (Å²) >= 11 is 0. The molecule has 0 atom stereocenters. The van der Waals surface area contributed by atoms with Crippen molar-refractivity contribution in [2.75, 3.05) is 20.3 Å². The van der Waals surface area contributed by atoms with Crippen molar-refractivity contribution in [1.29, 1.82) is 0 Å². The molecule has 0 aromatic carbocycles. The van der Waals surface area contributed by atoms with Crippen molar-refractivity contribution >= 4 is 5.97 Å². The van der Waals surface area contributed by atoms with Crippen molar-refractivity contribution in [3.8, 4) is 0 Å². The van der Waals surface area contributed by atoms with Crippen LogP contribution in [0.4, 0.5) is 0 Å². The van der Waals surface area contributed by atoms with Crippen LogP contribution in [0, 0.1) is 5.41 Å². The molecule has 3 nitrogen and oxygen atoms in total. The molecule has 3 heteroatoms. The second-order valence-corrected chi connectivity index (χ2v) is 3.47. The van der Waals surface area contributed by atoms with Crippen LogP contribution in [-0.4, -0.2) is 26.3 Å². The topological polar surface area (TPSA) is 35.5 Å². The third-order valence-corrected chi connectivity index (χ3v) is 1.94. The lowest BCUT2D eigenvalue weighted by atomic mass is 9.87. The van der Waals surface area contributed by atoms with E-state index in [1.165, 1.54) is 7.11 Å². The molecule has 1 heterocycles. The Bertz CT molecular complexity index is 214. The van der Waals surface area contributed by atoms with E-state index >= 15 is 0 Å². The molecule has 0 aromatic heterocycles. The molecule has 0 aromatic rings. The smallest absolute Gasteiger partial charge is 0.333 e. The molecule has 0 spiro atoms. The molecule has 0 saturated carbocycles. The number of esters is 1. The Labute approximate surface area is 72.4 Å². The van der Waals surface area contributed by atoms with Crippen LogP contribution in [0.15, 0.2) is 11.6 Å². The van der Waals surface area contributed by atoms with Gasteiger partial charge in [0, 0.05) is 11.0 Å². The lowest BCUT2D eigenvalue weighted by Crippen LogP contribution is -2.38. The minimum absolute atomic E-state index is 0.0400. The Morgan fingerprint density at radius 2 is 2.17 bits per heavy atom. The van der Waals surface area contributed by atoms with Gasteiger partial charge >= 0.3 is 5.97 Å². The molecule has 68 valence electrons. The number of carbonyl (C=O) groups is 1. The first-order valence-electron chi connectivity index (χ1n) is 3.93. The maximum atomic E-state index is 11.0. The van der Waals surface area contributed by atoms with Crippen LogP contribution in [0.25, 0.3) is 0 Å². The highest BCUT2D eigenvalue weighted by molar-refractivity contribution is 5.87. The average molecular weight is 170 g/mol. The van der Waals surface area contributed by atoms with Gasteiger partial charge < -0.3 is 9.47 Å². The fourth-order valence-corrected chi connectivity index (χ4v) is 1.25. The lowest BCUT2D eigenvalue weighted by molar-refractivity contribution is -0.136. The fourth-order valence-electron chi connectivity index (χ4n) is 1.25. The molecular weight excluding hydrogens is 156 g/mol. The highest BCUT2D eigenvalue weighted by Gasteiger charge is 2.31. The van der Waals surface area contributed by atoms with Crippen LogP contribution in [0.2, 0.25) is 0 Å². The third kappa shape index (κ3) is 1.85. The summed E-state index contributed by atoms with van der Waals surface area (Å²) in [7, 11) is 1.39. The summed E-state index contributed by atoms with van der Waals surface area (Å²) in [5.41, 5.74) is 0.696. The first-order chi connectivity index (χ1) is 5.57. The Morgan fingerprint density at radius 1 is 1.58 bits per heavy atom. The molecule has 0 radical (unpaired) electrons. The molecule has 1 rings (SSSR count). The quantitative estimate of drug-likeness (QED) is 0.460. The first-order valence-corrected chi connectivity index (χ1v) is 3.93. The number of ether oxygens (including phenoxy) is 2. The summed E-state index contributed by atoms with van der Waals surface area (Å²) in [4.78, 5) is 11.0. The number of rotatable bonds is 2. The maximum Gasteiger partial charge on any atom is 0.333 e. The summed E-state index contributed by atoms with van der Waals surface area (Å²) in [6, 6.07) is 0. The molecule has 0 N–H and O–H groups in total. The Morgan fingerprint density at radius 3 is 2.50 bits per heavy atom. The molecule has 1 aliphatic rings. The number of carbonyl (C=O) groups excluding carboxylic acids is 1. The number of hydrogen-bond acceptors (Lipinski definition) is 3. The summed E-state index contributed by atoms with van der Waals surface area (Å²) in [5.74, 6) is -0.261. The highest BCUT2D eigenvalue weighted by atomic mass is 16.5. The zero-order valence-electron chi connectivity index (χ0n) is 7.72. The minimum Gasteiger partial charge on any atom is -0.466 e. The zero-order chi connectivity index (χ0) is 9.19.